The molecule has 0 spiro atoms. The fourth-order valence-electron chi connectivity index (χ4n) is 3.28. The van der Waals surface area contributed by atoms with Crippen molar-refractivity contribution in [2.45, 2.75) is 6.54 Å². The number of hydrogen-bond acceptors (Lipinski definition) is 4. The number of ether oxygens (including phenoxy) is 1. The van der Waals surface area contributed by atoms with E-state index < -0.39 is 0 Å². The number of benzene rings is 2. The molecule has 28 heavy (non-hydrogen) atoms. The van der Waals surface area contributed by atoms with Gasteiger partial charge in [-0.3, -0.25) is 19.2 Å². The Morgan fingerprint density at radius 3 is 2.36 bits per heavy atom. The quantitative estimate of drug-likeness (QED) is 0.521. The molecule has 0 unspecified atom stereocenters. The minimum Gasteiger partial charge on any atom is -0.497 e. The highest BCUT2D eigenvalue weighted by atomic mass is 16.5. The van der Waals surface area contributed by atoms with Gasteiger partial charge in [-0.25, -0.2) is 0 Å². The number of aromatic nitrogens is 2. The molecule has 0 radical (unpaired) electrons. The molecular formula is C22H19N3O3. The molecule has 6 heteroatoms. The summed E-state index contributed by atoms with van der Waals surface area (Å²) < 4.78 is 6.84. The van der Waals surface area contributed by atoms with Gasteiger partial charge in [0.15, 0.2) is 0 Å². The Hall–Kier alpha value is -3.67. The zero-order valence-corrected chi connectivity index (χ0v) is 15.6. The first-order chi connectivity index (χ1) is 13.6. The van der Waals surface area contributed by atoms with Crippen molar-refractivity contribution >= 4 is 23.5 Å². The highest BCUT2D eigenvalue weighted by Gasteiger charge is 2.34. The minimum absolute atomic E-state index is 0.195. The molecule has 0 aliphatic carbocycles. The number of amides is 2. The molecule has 2 heterocycles. The lowest BCUT2D eigenvalue weighted by Gasteiger charge is -2.28. The van der Waals surface area contributed by atoms with E-state index in [1.807, 2.05) is 43.6 Å². The standard InChI is InChI=1S/C22H19N3O3/c1-24-13-16(12-23-24)11-20-18-5-3-4-6-19(18)21(26)25(22(20)27)14-15-7-9-17(28-2)10-8-15/h3-13H,14H2,1-2H3/b20-11-. The summed E-state index contributed by atoms with van der Waals surface area (Å²) in [6.07, 6.45) is 5.29. The lowest BCUT2D eigenvalue weighted by Crippen LogP contribution is -2.41. The number of imide groups is 1. The molecule has 2 amide bonds. The molecule has 1 aliphatic rings. The molecule has 2 aromatic carbocycles. The number of nitrogens with zero attached hydrogens (tertiary/aromatic N) is 3. The predicted molar refractivity (Wildman–Crippen MR) is 105 cm³/mol. The Morgan fingerprint density at radius 2 is 1.71 bits per heavy atom. The molecule has 4 rings (SSSR count). The van der Waals surface area contributed by atoms with Crippen LogP contribution in [-0.4, -0.2) is 33.6 Å². The Kier molecular flexibility index (Phi) is 4.53. The van der Waals surface area contributed by atoms with Crippen LogP contribution in [0.3, 0.4) is 0 Å². The van der Waals surface area contributed by atoms with Crippen LogP contribution < -0.4 is 4.74 Å². The van der Waals surface area contributed by atoms with Crippen LogP contribution in [0.5, 0.6) is 5.75 Å². The number of hydrogen-bond donors (Lipinski definition) is 0. The second kappa shape index (κ2) is 7.15. The second-order valence-electron chi connectivity index (χ2n) is 6.60. The van der Waals surface area contributed by atoms with Gasteiger partial charge in [0, 0.05) is 29.9 Å². The topological polar surface area (TPSA) is 64.4 Å². The predicted octanol–water partition coefficient (Wildman–Crippen LogP) is 3.15. The zero-order valence-electron chi connectivity index (χ0n) is 15.6. The number of aryl methyl sites for hydroxylation is 1. The molecule has 0 saturated heterocycles. The molecule has 3 aromatic rings. The van der Waals surface area contributed by atoms with E-state index in [1.165, 1.54) is 4.90 Å². The monoisotopic (exact) mass is 373 g/mol. The average Bonchev–Trinajstić information content (AvgIpc) is 3.14. The van der Waals surface area contributed by atoms with Crippen LogP contribution in [0.15, 0.2) is 60.9 Å². The molecule has 140 valence electrons. The molecule has 1 aromatic heterocycles. The van der Waals surface area contributed by atoms with Gasteiger partial charge in [-0.15, -0.1) is 0 Å². The summed E-state index contributed by atoms with van der Waals surface area (Å²) in [5, 5.41) is 4.15. The first-order valence-electron chi connectivity index (χ1n) is 8.85. The third kappa shape index (κ3) is 3.20. The van der Waals surface area contributed by atoms with Gasteiger partial charge >= 0.3 is 0 Å². The highest BCUT2D eigenvalue weighted by Crippen LogP contribution is 2.31. The number of carbonyl (C=O) groups is 2. The molecule has 1 aliphatic heterocycles. The molecule has 0 saturated carbocycles. The normalized spacial score (nSPS) is 15.1. The van der Waals surface area contributed by atoms with Crippen LogP contribution in [0.4, 0.5) is 0 Å². The van der Waals surface area contributed by atoms with Gasteiger partial charge < -0.3 is 4.74 Å². The molecule has 0 bridgehead atoms. The minimum atomic E-state index is -0.316. The van der Waals surface area contributed by atoms with Crippen LogP contribution in [0.25, 0.3) is 11.6 Å². The fourth-order valence-corrected chi connectivity index (χ4v) is 3.28. The van der Waals surface area contributed by atoms with Gasteiger partial charge in [-0.1, -0.05) is 30.3 Å². The van der Waals surface area contributed by atoms with E-state index in [-0.39, 0.29) is 18.4 Å². The Labute approximate surface area is 162 Å². The van der Waals surface area contributed by atoms with Gasteiger partial charge in [0.1, 0.15) is 5.75 Å². The van der Waals surface area contributed by atoms with Crippen molar-refractivity contribution in [3.05, 3.63) is 83.2 Å². The molecule has 0 fully saturated rings. The first kappa shape index (κ1) is 17.7. The highest BCUT2D eigenvalue weighted by molar-refractivity contribution is 6.33. The van der Waals surface area contributed by atoms with E-state index in [1.54, 1.807) is 42.3 Å². The Morgan fingerprint density at radius 1 is 1.00 bits per heavy atom. The van der Waals surface area contributed by atoms with E-state index in [9.17, 15) is 9.59 Å². The third-order valence-corrected chi connectivity index (χ3v) is 4.70. The molecule has 6 nitrogen and oxygen atoms in total. The Balaban J connectivity index is 1.75. The van der Waals surface area contributed by atoms with Gasteiger partial charge in [0.2, 0.25) is 0 Å². The summed E-state index contributed by atoms with van der Waals surface area (Å²) in [5.74, 6) is 0.116. The summed E-state index contributed by atoms with van der Waals surface area (Å²) in [5.41, 5.74) is 3.30. The average molecular weight is 373 g/mol. The van der Waals surface area contributed by atoms with E-state index in [2.05, 4.69) is 5.10 Å². The van der Waals surface area contributed by atoms with Crippen molar-refractivity contribution in [1.82, 2.24) is 14.7 Å². The third-order valence-electron chi connectivity index (χ3n) is 4.70. The summed E-state index contributed by atoms with van der Waals surface area (Å²) in [4.78, 5) is 27.5. The van der Waals surface area contributed by atoms with Crippen LogP contribution in [0.1, 0.15) is 27.0 Å². The largest absolute Gasteiger partial charge is 0.497 e. The summed E-state index contributed by atoms with van der Waals surface area (Å²) in [7, 11) is 3.41. The second-order valence-corrected chi connectivity index (χ2v) is 6.60. The van der Waals surface area contributed by atoms with E-state index >= 15 is 0 Å². The SMILES string of the molecule is COc1ccc(CN2C(=O)/C(=C\c3cnn(C)c3)c3ccccc3C2=O)cc1. The lowest BCUT2D eigenvalue weighted by atomic mass is 9.92. The van der Waals surface area contributed by atoms with Crippen molar-refractivity contribution in [3.8, 4) is 5.75 Å². The van der Waals surface area contributed by atoms with Crippen molar-refractivity contribution < 1.29 is 14.3 Å². The zero-order chi connectivity index (χ0) is 19.7. The number of methoxy groups -OCH3 is 1. The molecule has 0 N–H and O–H groups in total. The van der Waals surface area contributed by atoms with Crippen LogP contribution in [0, 0.1) is 0 Å². The maximum atomic E-state index is 13.2. The van der Waals surface area contributed by atoms with E-state index in [4.69, 9.17) is 4.74 Å². The molecule has 0 atom stereocenters. The van der Waals surface area contributed by atoms with Crippen LogP contribution in [0.2, 0.25) is 0 Å². The van der Waals surface area contributed by atoms with Gasteiger partial charge in [-0.2, -0.15) is 5.10 Å². The van der Waals surface area contributed by atoms with Crippen molar-refractivity contribution in [2.75, 3.05) is 7.11 Å². The van der Waals surface area contributed by atoms with Crippen molar-refractivity contribution in [1.29, 1.82) is 0 Å². The summed E-state index contributed by atoms with van der Waals surface area (Å²) >= 11 is 0. The van der Waals surface area contributed by atoms with Crippen LogP contribution in [-0.2, 0) is 18.4 Å². The first-order valence-corrected chi connectivity index (χ1v) is 8.85. The van der Waals surface area contributed by atoms with Crippen molar-refractivity contribution in [2.24, 2.45) is 7.05 Å². The maximum Gasteiger partial charge on any atom is 0.261 e. The van der Waals surface area contributed by atoms with Gasteiger partial charge in [0.25, 0.3) is 11.8 Å². The Bertz CT molecular complexity index is 1080. The van der Waals surface area contributed by atoms with Crippen molar-refractivity contribution in [3.63, 3.8) is 0 Å². The number of carbonyl (C=O) groups excluding carboxylic acids is 2. The van der Waals surface area contributed by atoms with Gasteiger partial charge in [-0.05, 0) is 35.4 Å². The maximum absolute atomic E-state index is 13.2. The number of rotatable bonds is 4. The summed E-state index contributed by atoms with van der Waals surface area (Å²) in [6.45, 7) is 0.195. The van der Waals surface area contributed by atoms with Crippen LogP contribution >= 0.6 is 0 Å². The molecular weight excluding hydrogens is 354 g/mol. The lowest BCUT2D eigenvalue weighted by molar-refractivity contribution is -0.123. The smallest absolute Gasteiger partial charge is 0.261 e. The number of fused-ring (bicyclic) bond motifs is 1. The summed E-state index contributed by atoms with van der Waals surface area (Å²) in [6, 6.07) is 14.5. The van der Waals surface area contributed by atoms with E-state index in [0.717, 1.165) is 16.9 Å². The van der Waals surface area contributed by atoms with E-state index in [0.29, 0.717) is 16.7 Å². The van der Waals surface area contributed by atoms with Gasteiger partial charge in [0.05, 0.1) is 19.9 Å². The fraction of sp³-hybridized carbons (Fsp3) is 0.136.